The molecule has 0 radical (unpaired) electrons. The van der Waals surface area contributed by atoms with Gasteiger partial charge in [0.05, 0.1) is 18.3 Å². The van der Waals surface area contributed by atoms with E-state index in [2.05, 4.69) is 11.2 Å². The number of nitriles is 1. The Kier molecular flexibility index (Phi) is 5.55. The average Bonchev–Trinajstić information content (AvgIpc) is 3.16. The van der Waals surface area contributed by atoms with E-state index in [-0.39, 0.29) is 25.3 Å². The predicted molar refractivity (Wildman–Crippen MR) is 102 cm³/mol. The molecule has 1 aromatic heterocycles. The first-order valence-electron chi connectivity index (χ1n) is 9.18. The molecule has 0 saturated carbocycles. The van der Waals surface area contributed by atoms with Crippen LogP contribution in [0.5, 0.6) is 0 Å². The van der Waals surface area contributed by atoms with Crippen LogP contribution in [0.1, 0.15) is 31.3 Å². The number of benzene rings is 1. The molecule has 2 amide bonds. The Morgan fingerprint density at radius 2 is 2.03 bits per heavy atom. The Labute approximate surface area is 168 Å². The van der Waals surface area contributed by atoms with E-state index in [1.165, 1.54) is 32.7 Å². The van der Waals surface area contributed by atoms with Crippen molar-refractivity contribution in [3.8, 4) is 11.8 Å². The number of halogens is 1. The van der Waals surface area contributed by atoms with E-state index in [0.717, 1.165) is 0 Å². The molecular formula is C20H22FN5O3. The monoisotopic (exact) mass is 399 g/mol. The summed E-state index contributed by atoms with van der Waals surface area (Å²) in [6.45, 7) is 5.79. The molecule has 8 nitrogen and oxygen atoms in total. The third-order valence-electron chi connectivity index (χ3n) is 4.32. The summed E-state index contributed by atoms with van der Waals surface area (Å²) in [5, 5.41) is 13.7. The lowest BCUT2D eigenvalue weighted by molar-refractivity contribution is 0.00916. The van der Waals surface area contributed by atoms with E-state index in [9.17, 15) is 19.2 Å². The van der Waals surface area contributed by atoms with Gasteiger partial charge in [-0.2, -0.15) is 10.4 Å². The zero-order chi connectivity index (χ0) is 21.2. The highest BCUT2D eigenvalue weighted by Gasteiger charge is 2.35. The molecule has 152 valence electrons. The minimum atomic E-state index is -0.817. The third kappa shape index (κ3) is 4.71. The Hall–Kier alpha value is -3.41. The van der Waals surface area contributed by atoms with Crippen LogP contribution in [0.15, 0.2) is 36.5 Å². The molecule has 1 fully saturated rings. The maximum Gasteiger partial charge on any atom is 0.410 e. The Morgan fingerprint density at radius 1 is 1.28 bits per heavy atom. The summed E-state index contributed by atoms with van der Waals surface area (Å²) in [6.07, 6.45) is 1.04. The lowest BCUT2D eigenvalue weighted by Crippen LogP contribution is -2.56. The largest absolute Gasteiger partial charge is 0.444 e. The van der Waals surface area contributed by atoms with Crippen LogP contribution >= 0.6 is 0 Å². The third-order valence-corrected chi connectivity index (χ3v) is 4.32. The van der Waals surface area contributed by atoms with E-state index >= 15 is 0 Å². The van der Waals surface area contributed by atoms with Gasteiger partial charge in [0.15, 0.2) is 5.69 Å². The van der Waals surface area contributed by atoms with E-state index in [1.807, 2.05) is 0 Å². The summed E-state index contributed by atoms with van der Waals surface area (Å²) < 4.78 is 20.2. The fourth-order valence-electron chi connectivity index (χ4n) is 2.98. The van der Waals surface area contributed by atoms with Crippen molar-refractivity contribution in [1.82, 2.24) is 19.6 Å². The number of amides is 2. The molecule has 1 saturated heterocycles. The SMILES string of the molecule is CC(C)(C)OC(=O)N1CCN(C(=O)c2ccn(-c3cccc(F)c3)n2)[C@@H](C#N)C1. The second kappa shape index (κ2) is 7.91. The highest BCUT2D eigenvalue weighted by molar-refractivity contribution is 5.93. The highest BCUT2D eigenvalue weighted by Crippen LogP contribution is 2.17. The van der Waals surface area contributed by atoms with Crippen molar-refractivity contribution in [3.63, 3.8) is 0 Å². The zero-order valence-corrected chi connectivity index (χ0v) is 16.5. The smallest absolute Gasteiger partial charge is 0.410 e. The maximum atomic E-state index is 13.4. The van der Waals surface area contributed by atoms with Crippen molar-refractivity contribution < 1.29 is 18.7 Å². The summed E-state index contributed by atoms with van der Waals surface area (Å²) in [6, 6.07) is 8.61. The van der Waals surface area contributed by atoms with Crippen molar-refractivity contribution in [2.24, 2.45) is 0 Å². The first-order valence-corrected chi connectivity index (χ1v) is 9.18. The average molecular weight is 399 g/mol. The number of ether oxygens (including phenoxy) is 1. The first kappa shape index (κ1) is 20.3. The lowest BCUT2D eigenvalue weighted by Gasteiger charge is -2.38. The number of nitrogens with zero attached hydrogens (tertiary/aromatic N) is 5. The van der Waals surface area contributed by atoms with Gasteiger partial charge < -0.3 is 14.5 Å². The molecule has 9 heteroatoms. The summed E-state index contributed by atoms with van der Waals surface area (Å²) in [5.41, 5.74) is -0.0218. The summed E-state index contributed by atoms with van der Waals surface area (Å²) in [4.78, 5) is 27.9. The number of piperazine rings is 1. The Balaban J connectivity index is 1.72. The standard InChI is InChI=1S/C20H22FN5O3/c1-20(2,3)29-19(28)24-9-10-25(16(12-22)13-24)18(27)17-7-8-26(23-17)15-6-4-5-14(21)11-15/h4-8,11,16H,9-10,13H2,1-3H3/t16-/m0/s1. The molecule has 0 aliphatic carbocycles. The van der Waals surface area contributed by atoms with Crippen molar-refractivity contribution in [1.29, 1.82) is 5.26 Å². The van der Waals surface area contributed by atoms with E-state index in [4.69, 9.17) is 4.74 Å². The quantitative estimate of drug-likeness (QED) is 0.774. The summed E-state index contributed by atoms with van der Waals surface area (Å²) in [7, 11) is 0. The van der Waals surface area contributed by atoms with Crippen LogP contribution in [-0.4, -0.2) is 62.9 Å². The fraction of sp³-hybridized carbons (Fsp3) is 0.400. The number of carbonyl (C=O) groups is 2. The second-order valence-electron chi connectivity index (χ2n) is 7.70. The normalized spacial score (nSPS) is 17.0. The summed E-state index contributed by atoms with van der Waals surface area (Å²) >= 11 is 0. The molecule has 0 bridgehead atoms. The molecule has 2 heterocycles. The molecule has 1 aliphatic heterocycles. The van der Waals surface area contributed by atoms with Gasteiger partial charge in [0.1, 0.15) is 17.5 Å². The van der Waals surface area contributed by atoms with Gasteiger partial charge in [0.25, 0.3) is 5.91 Å². The van der Waals surface area contributed by atoms with E-state index in [0.29, 0.717) is 5.69 Å². The van der Waals surface area contributed by atoms with Crippen molar-refractivity contribution >= 4 is 12.0 Å². The first-order chi connectivity index (χ1) is 13.7. The van der Waals surface area contributed by atoms with E-state index < -0.39 is 29.5 Å². The number of aromatic nitrogens is 2. The van der Waals surface area contributed by atoms with Crippen LogP contribution in [-0.2, 0) is 4.74 Å². The molecule has 1 aromatic carbocycles. The minimum absolute atomic E-state index is 0.0573. The van der Waals surface area contributed by atoms with Gasteiger partial charge >= 0.3 is 6.09 Å². The molecule has 0 spiro atoms. The van der Waals surface area contributed by atoms with Gasteiger partial charge in [-0.3, -0.25) is 4.79 Å². The molecule has 0 N–H and O–H groups in total. The van der Waals surface area contributed by atoms with Crippen molar-refractivity contribution in [2.45, 2.75) is 32.4 Å². The van der Waals surface area contributed by atoms with Gasteiger partial charge in [-0.25, -0.2) is 13.9 Å². The topological polar surface area (TPSA) is 91.5 Å². The van der Waals surface area contributed by atoms with Gasteiger partial charge in [0, 0.05) is 19.3 Å². The number of hydrogen-bond acceptors (Lipinski definition) is 5. The Bertz CT molecular complexity index is 960. The molecule has 3 rings (SSSR count). The molecule has 0 unspecified atom stereocenters. The van der Waals surface area contributed by atoms with Crippen LogP contribution < -0.4 is 0 Å². The van der Waals surface area contributed by atoms with Gasteiger partial charge in [-0.1, -0.05) is 6.07 Å². The number of rotatable bonds is 2. The molecule has 29 heavy (non-hydrogen) atoms. The van der Waals surface area contributed by atoms with Crippen molar-refractivity contribution in [2.75, 3.05) is 19.6 Å². The lowest BCUT2D eigenvalue weighted by atomic mass is 10.1. The number of hydrogen-bond donors (Lipinski definition) is 0. The van der Waals surface area contributed by atoms with Crippen LogP contribution in [0, 0.1) is 17.1 Å². The zero-order valence-electron chi connectivity index (χ0n) is 16.5. The van der Waals surface area contributed by atoms with Gasteiger partial charge in [0.2, 0.25) is 0 Å². The fourth-order valence-corrected chi connectivity index (χ4v) is 2.98. The molecular weight excluding hydrogens is 377 g/mol. The van der Waals surface area contributed by atoms with Crippen molar-refractivity contribution in [3.05, 3.63) is 48.0 Å². The van der Waals surface area contributed by atoms with Crippen LogP contribution in [0.4, 0.5) is 9.18 Å². The highest BCUT2D eigenvalue weighted by atomic mass is 19.1. The minimum Gasteiger partial charge on any atom is -0.444 e. The second-order valence-corrected chi connectivity index (χ2v) is 7.70. The Morgan fingerprint density at radius 3 is 2.69 bits per heavy atom. The molecule has 1 aliphatic rings. The van der Waals surface area contributed by atoms with Gasteiger partial charge in [-0.05, 0) is 45.0 Å². The number of carbonyl (C=O) groups excluding carboxylic acids is 2. The predicted octanol–water partition coefficient (Wildman–Crippen LogP) is 2.60. The maximum absolute atomic E-state index is 13.4. The van der Waals surface area contributed by atoms with Crippen LogP contribution in [0.2, 0.25) is 0 Å². The van der Waals surface area contributed by atoms with Crippen LogP contribution in [0.3, 0.4) is 0 Å². The van der Waals surface area contributed by atoms with Gasteiger partial charge in [-0.15, -0.1) is 0 Å². The van der Waals surface area contributed by atoms with E-state index in [1.54, 1.807) is 39.1 Å². The van der Waals surface area contributed by atoms with Crippen LogP contribution in [0.25, 0.3) is 5.69 Å². The molecule has 1 atom stereocenters. The molecule has 2 aromatic rings. The summed E-state index contributed by atoms with van der Waals surface area (Å²) in [5.74, 6) is -0.829.